The summed E-state index contributed by atoms with van der Waals surface area (Å²) in [5.74, 6) is -0.352. The Labute approximate surface area is 140 Å². The molecule has 1 aromatic heterocycles. The Kier molecular flexibility index (Phi) is 3.37. The Bertz CT molecular complexity index is 822. The quantitative estimate of drug-likeness (QED) is 0.809. The normalized spacial score (nSPS) is 24.0. The molecule has 128 valence electrons. The Morgan fingerprint density at radius 1 is 1.38 bits per heavy atom. The molecule has 0 radical (unpaired) electrons. The summed E-state index contributed by atoms with van der Waals surface area (Å²) in [6.45, 7) is 6.55. The van der Waals surface area contributed by atoms with Crippen LogP contribution in [0.4, 0.5) is 0 Å². The second-order valence-electron chi connectivity index (χ2n) is 6.54. The van der Waals surface area contributed by atoms with E-state index in [9.17, 15) is 4.79 Å². The molecule has 2 atom stereocenters. The van der Waals surface area contributed by atoms with Crippen LogP contribution in [-0.4, -0.2) is 36.1 Å². The first-order valence-corrected chi connectivity index (χ1v) is 8.18. The lowest BCUT2D eigenvalue weighted by Crippen LogP contribution is -2.23. The molecule has 0 spiro atoms. The molecule has 24 heavy (non-hydrogen) atoms. The molecule has 0 amide bonds. The van der Waals surface area contributed by atoms with E-state index in [1.807, 2.05) is 32.0 Å². The second kappa shape index (κ2) is 5.22. The van der Waals surface area contributed by atoms with E-state index in [4.69, 9.17) is 18.9 Å². The fraction of sp³-hybridized carbons (Fsp3) is 0.500. The third-order valence-electron chi connectivity index (χ3n) is 4.61. The van der Waals surface area contributed by atoms with Gasteiger partial charge in [0, 0.05) is 0 Å². The zero-order valence-corrected chi connectivity index (χ0v) is 14.3. The van der Waals surface area contributed by atoms with Gasteiger partial charge in [-0.15, -0.1) is 0 Å². The van der Waals surface area contributed by atoms with Crippen molar-refractivity contribution in [1.29, 1.82) is 0 Å². The predicted molar refractivity (Wildman–Crippen MR) is 87.2 cm³/mol. The molecule has 6 heteroatoms. The maximum atomic E-state index is 12.7. The number of rotatable bonds is 3. The van der Waals surface area contributed by atoms with Crippen LogP contribution >= 0.6 is 0 Å². The van der Waals surface area contributed by atoms with E-state index in [0.717, 1.165) is 16.6 Å². The van der Waals surface area contributed by atoms with E-state index in [1.165, 1.54) is 0 Å². The highest BCUT2D eigenvalue weighted by molar-refractivity contribution is 6.09. The average Bonchev–Trinajstić information content (AvgIpc) is 3.12. The van der Waals surface area contributed by atoms with E-state index in [2.05, 4.69) is 4.57 Å². The molecule has 0 unspecified atom stereocenters. The molecule has 0 aliphatic carbocycles. The van der Waals surface area contributed by atoms with Gasteiger partial charge in [-0.2, -0.15) is 0 Å². The van der Waals surface area contributed by atoms with Gasteiger partial charge in [-0.05, 0) is 32.9 Å². The van der Waals surface area contributed by atoms with Gasteiger partial charge in [-0.3, -0.25) is 0 Å². The average molecular weight is 331 g/mol. The monoisotopic (exact) mass is 331 g/mol. The summed E-state index contributed by atoms with van der Waals surface area (Å²) >= 11 is 0. The summed E-state index contributed by atoms with van der Waals surface area (Å²) < 4.78 is 25.0. The first-order valence-electron chi connectivity index (χ1n) is 8.18. The largest absolute Gasteiger partial charge is 0.496 e. The van der Waals surface area contributed by atoms with E-state index in [0.29, 0.717) is 24.5 Å². The molecule has 6 nitrogen and oxygen atoms in total. The fourth-order valence-corrected chi connectivity index (χ4v) is 3.84. The van der Waals surface area contributed by atoms with Gasteiger partial charge >= 0.3 is 5.97 Å². The highest BCUT2D eigenvalue weighted by Gasteiger charge is 2.50. The highest BCUT2D eigenvalue weighted by Crippen LogP contribution is 2.49. The molecule has 0 bridgehead atoms. The van der Waals surface area contributed by atoms with Gasteiger partial charge in [-0.25, -0.2) is 4.79 Å². The minimum Gasteiger partial charge on any atom is -0.496 e. The SMILES string of the molecule is CCOC(=O)c1c2n(c3cccc(OC)c13)C[C@H]1OC(C)(C)O[C@@H]21. The fourth-order valence-electron chi connectivity index (χ4n) is 3.84. The number of fused-ring (bicyclic) bond motifs is 5. The summed E-state index contributed by atoms with van der Waals surface area (Å²) in [5.41, 5.74) is 2.29. The Morgan fingerprint density at radius 2 is 2.17 bits per heavy atom. The topological polar surface area (TPSA) is 58.9 Å². The number of methoxy groups -OCH3 is 1. The highest BCUT2D eigenvalue weighted by atomic mass is 16.8. The van der Waals surface area contributed by atoms with Crippen LogP contribution < -0.4 is 4.74 Å². The first-order chi connectivity index (χ1) is 11.5. The summed E-state index contributed by atoms with van der Waals surface area (Å²) in [4.78, 5) is 12.7. The van der Waals surface area contributed by atoms with Crippen molar-refractivity contribution in [3.8, 4) is 5.75 Å². The molecule has 0 saturated carbocycles. The van der Waals surface area contributed by atoms with E-state index >= 15 is 0 Å². The van der Waals surface area contributed by atoms with Crippen molar-refractivity contribution in [2.45, 2.75) is 45.3 Å². The number of hydrogen-bond donors (Lipinski definition) is 0. The van der Waals surface area contributed by atoms with Crippen LogP contribution in [-0.2, 0) is 20.8 Å². The van der Waals surface area contributed by atoms with Gasteiger partial charge in [-0.1, -0.05) is 6.07 Å². The van der Waals surface area contributed by atoms with Crippen molar-refractivity contribution in [1.82, 2.24) is 4.57 Å². The number of aromatic nitrogens is 1. The standard InChI is InChI=1S/C18H21NO5/c1-5-22-17(20)14-13-10(7-6-8-11(13)21-4)19-9-12-16(15(14)19)24-18(2,3)23-12/h6-8,12,16H,5,9H2,1-4H3/t12-,16-/m1/s1. The maximum Gasteiger partial charge on any atom is 0.340 e. The number of carbonyl (C=O) groups is 1. The van der Waals surface area contributed by atoms with Crippen LogP contribution in [0, 0.1) is 0 Å². The summed E-state index contributed by atoms with van der Waals surface area (Å²) in [7, 11) is 1.60. The van der Waals surface area contributed by atoms with E-state index in [1.54, 1.807) is 14.0 Å². The lowest BCUT2D eigenvalue weighted by Gasteiger charge is -2.19. The van der Waals surface area contributed by atoms with Crippen LogP contribution in [0.5, 0.6) is 5.75 Å². The third kappa shape index (κ3) is 2.06. The van der Waals surface area contributed by atoms with Crippen LogP contribution in [0.1, 0.15) is 42.9 Å². The van der Waals surface area contributed by atoms with Gasteiger partial charge < -0.3 is 23.5 Å². The lowest BCUT2D eigenvalue weighted by molar-refractivity contribution is -0.151. The summed E-state index contributed by atoms with van der Waals surface area (Å²) in [6.07, 6.45) is -0.379. The van der Waals surface area contributed by atoms with Gasteiger partial charge in [0.15, 0.2) is 5.79 Å². The van der Waals surface area contributed by atoms with Gasteiger partial charge in [0.05, 0.1) is 42.4 Å². The van der Waals surface area contributed by atoms with E-state index in [-0.39, 0.29) is 18.2 Å². The van der Waals surface area contributed by atoms with Crippen molar-refractivity contribution < 1.29 is 23.7 Å². The van der Waals surface area contributed by atoms with Crippen molar-refractivity contribution in [3.63, 3.8) is 0 Å². The number of ether oxygens (including phenoxy) is 4. The van der Waals surface area contributed by atoms with Crippen molar-refractivity contribution in [3.05, 3.63) is 29.5 Å². The lowest BCUT2D eigenvalue weighted by atomic mass is 10.0. The molecule has 1 fully saturated rings. The van der Waals surface area contributed by atoms with Crippen LogP contribution in [0.25, 0.3) is 10.9 Å². The number of esters is 1. The molecule has 2 aliphatic heterocycles. The molecular formula is C18H21NO5. The van der Waals surface area contributed by atoms with Gasteiger partial charge in [0.2, 0.25) is 0 Å². The number of nitrogens with zero attached hydrogens (tertiary/aromatic N) is 1. The maximum absolute atomic E-state index is 12.7. The molecule has 1 saturated heterocycles. The molecule has 2 aromatic rings. The molecule has 3 heterocycles. The molecule has 0 N–H and O–H groups in total. The second-order valence-corrected chi connectivity index (χ2v) is 6.54. The smallest absolute Gasteiger partial charge is 0.340 e. The Morgan fingerprint density at radius 3 is 2.88 bits per heavy atom. The van der Waals surface area contributed by atoms with Crippen molar-refractivity contribution in [2.75, 3.05) is 13.7 Å². The van der Waals surface area contributed by atoms with Gasteiger partial charge in [0.25, 0.3) is 0 Å². The minimum atomic E-state index is -0.660. The van der Waals surface area contributed by atoms with Crippen molar-refractivity contribution >= 4 is 16.9 Å². The zero-order chi connectivity index (χ0) is 17.1. The van der Waals surface area contributed by atoms with Crippen LogP contribution in [0.15, 0.2) is 18.2 Å². The van der Waals surface area contributed by atoms with E-state index < -0.39 is 5.79 Å². The van der Waals surface area contributed by atoms with Crippen LogP contribution in [0.2, 0.25) is 0 Å². The molecule has 2 aliphatic rings. The Balaban J connectivity index is 1.97. The number of benzene rings is 1. The van der Waals surface area contributed by atoms with Crippen LogP contribution in [0.3, 0.4) is 0 Å². The molecular weight excluding hydrogens is 310 g/mol. The molecule has 4 rings (SSSR count). The summed E-state index contributed by atoms with van der Waals surface area (Å²) in [5, 5.41) is 0.778. The zero-order valence-electron chi connectivity index (χ0n) is 14.3. The Hall–Kier alpha value is -2.05. The minimum absolute atomic E-state index is 0.0984. The first kappa shape index (κ1) is 15.5. The number of hydrogen-bond acceptors (Lipinski definition) is 5. The predicted octanol–water partition coefficient (Wildman–Crippen LogP) is 3.03. The molecule has 1 aromatic carbocycles. The summed E-state index contributed by atoms with van der Waals surface area (Å²) in [6, 6.07) is 5.76. The van der Waals surface area contributed by atoms with Crippen molar-refractivity contribution in [2.24, 2.45) is 0 Å². The third-order valence-corrected chi connectivity index (χ3v) is 4.61. The van der Waals surface area contributed by atoms with Gasteiger partial charge in [0.1, 0.15) is 18.0 Å². The number of carbonyl (C=O) groups excluding carboxylic acids is 1.